The molecule has 0 amide bonds. The van der Waals surface area contributed by atoms with Crippen molar-refractivity contribution in [3.63, 3.8) is 0 Å². The molecule has 0 radical (unpaired) electrons. The zero-order valence-corrected chi connectivity index (χ0v) is 12.4. The van der Waals surface area contributed by atoms with Crippen molar-refractivity contribution in [2.24, 2.45) is 5.73 Å². The Morgan fingerprint density at radius 2 is 1.81 bits per heavy atom. The van der Waals surface area contributed by atoms with Crippen LogP contribution in [-0.4, -0.2) is 7.11 Å². The summed E-state index contributed by atoms with van der Waals surface area (Å²) in [6.07, 6.45) is 0.413. The third-order valence-electron chi connectivity index (χ3n) is 3.75. The second-order valence-electron chi connectivity index (χ2n) is 5.19. The van der Waals surface area contributed by atoms with Crippen LogP contribution in [0.15, 0.2) is 30.3 Å². The number of halogens is 2. The molecule has 0 heterocycles. The molecule has 0 aliphatic heterocycles. The van der Waals surface area contributed by atoms with Crippen molar-refractivity contribution in [1.29, 1.82) is 0 Å². The Balaban J connectivity index is 2.30. The van der Waals surface area contributed by atoms with Crippen LogP contribution in [0.1, 0.15) is 28.3 Å². The van der Waals surface area contributed by atoms with Gasteiger partial charge in [-0.3, -0.25) is 0 Å². The van der Waals surface area contributed by atoms with E-state index in [1.165, 1.54) is 6.07 Å². The maximum atomic E-state index is 13.3. The third kappa shape index (κ3) is 3.22. The van der Waals surface area contributed by atoms with Crippen molar-refractivity contribution < 1.29 is 13.5 Å². The van der Waals surface area contributed by atoms with Gasteiger partial charge in [-0.05, 0) is 49.1 Å². The van der Waals surface area contributed by atoms with Crippen LogP contribution in [0.2, 0.25) is 0 Å². The van der Waals surface area contributed by atoms with Crippen molar-refractivity contribution in [1.82, 2.24) is 0 Å². The molecule has 4 heteroatoms. The summed E-state index contributed by atoms with van der Waals surface area (Å²) in [4.78, 5) is 0. The van der Waals surface area contributed by atoms with Crippen LogP contribution in [-0.2, 0) is 6.42 Å². The van der Waals surface area contributed by atoms with E-state index in [9.17, 15) is 8.78 Å². The molecule has 0 saturated carbocycles. The molecular weight excluding hydrogens is 272 g/mol. The first-order chi connectivity index (χ1) is 9.93. The van der Waals surface area contributed by atoms with Crippen molar-refractivity contribution in [2.45, 2.75) is 26.3 Å². The molecule has 0 bridgehead atoms. The van der Waals surface area contributed by atoms with Gasteiger partial charge in [-0.15, -0.1) is 0 Å². The van der Waals surface area contributed by atoms with Crippen LogP contribution >= 0.6 is 0 Å². The van der Waals surface area contributed by atoms with Gasteiger partial charge in [0.2, 0.25) is 0 Å². The molecular formula is C17H19F2NO. The van der Waals surface area contributed by atoms with E-state index in [1.807, 2.05) is 26.0 Å². The lowest BCUT2D eigenvalue weighted by atomic mass is 9.95. The van der Waals surface area contributed by atoms with Gasteiger partial charge in [0, 0.05) is 11.6 Å². The first-order valence-electron chi connectivity index (χ1n) is 6.77. The quantitative estimate of drug-likeness (QED) is 0.929. The van der Waals surface area contributed by atoms with E-state index < -0.39 is 11.6 Å². The molecule has 0 aromatic heterocycles. The Labute approximate surface area is 123 Å². The van der Waals surface area contributed by atoms with Gasteiger partial charge in [0.1, 0.15) is 5.75 Å². The topological polar surface area (TPSA) is 35.2 Å². The minimum Gasteiger partial charge on any atom is -0.496 e. The van der Waals surface area contributed by atoms with E-state index in [0.717, 1.165) is 28.5 Å². The Morgan fingerprint density at radius 1 is 1.10 bits per heavy atom. The summed E-state index contributed by atoms with van der Waals surface area (Å²) in [5.41, 5.74) is 9.89. The highest BCUT2D eigenvalue weighted by molar-refractivity contribution is 5.47. The van der Waals surface area contributed by atoms with Gasteiger partial charge in [-0.1, -0.05) is 18.2 Å². The average Bonchev–Trinajstić information content (AvgIpc) is 2.45. The molecule has 1 unspecified atom stereocenters. The molecule has 2 aromatic rings. The Kier molecular flexibility index (Phi) is 4.58. The zero-order chi connectivity index (χ0) is 15.6. The summed E-state index contributed by atoms with van der Waals surface area (Å²) in [6.45, 7) is 3.98. The van der Waals surface area contributed by atoms with Crippen LogP contribution in [0.5, 0.6) is 5.75 Å². The molecule has 1 atom stereocenters. The lowest BCUT2D eigenvalue weighted by Crippen LogP contribution is -2.15. The fraction of sp³-hybridized carbons (Fsp3) is 0.294. The Bertz CT molecular complexity index is 655. The van der Waals surface area contributed by atoms with Gasteiger partial charge in [-0.2, -0.15) is 0 Å². The van der Waals surface area contributed by atoms with Crippen molar-refractivity contribution in [3.05, 3.63) is 64.2 Å². The number of aryl methyl sites for hydroxylation is 1. The molecule has 2 rings (SSSR count). The van der Waals surface area contributed by atoms with Crippen molar-refractivity contribution in [2.75, 3.05) is 7.11 Å². The van der Waals surface area contributed by atoms with Gasteiger partial charge < -0.3 is 10.5 Å². The normalized spacial score (nSPS) is 12.3. The van der Waals surface area contributed by atoms with Crippen molar-refractivity contribution >= 4 is 0 Å². The van der Waals surface area contributed by atoms with Gasteiger partial charge >= 0.3 is 0 Å². The van der Waals surface area contributed by atoms with Gasteiger partial charge in [0.05, 0.1) is 7.11 Å². The highest BCUT2D eigenvalue weighted by atomic mass is 19.2. The summed E-state index contributed by atoms with van der Waals surface area (Å²) >= 11 is 0. The number of ether oxygens (including phenoxy) is 1. The summed E-state index contributed by atoms with van der Waals surface area (Å²) in [5, 5.41) is 0. The van der Waals surface area contributed by atoms with E-state index in [1.54, 1.807) is 13.2 Å². The number of nitrogens with two attached hydrogens (primary N) is 1. The molecule has 0 fully saturated rings. The number of methoxy groups -OCH3 is 1. The number of hydrogen-bond donors (Lipinski definition) is 1. The van der Waals surface area contributed by atoms with Gasteiger partial charge in [0.25, 0.3) is 0 Å². The Hall–Kier alpha value is -1.94. The maximum absolute atomic E-state index is 13.3. The minimum atomic E-state index is -0.855. The van der Waals surface area contributed by atoms with Crippen LogP contribution in [0.3, 0.4) is 0 Å². The first kappa shape index (κ1) is 15.4. The molecule has 2 nitrogen and oxygen atoms in total. The third-order valence-corrected chi connectivity index (χ3v) is 3.75. The van der Waals surface area contributed by atoms with E-state index in [-0.39, 0.29) is 6.04 Å². The smallest absolute Gasteiger partial charge is 0.159 e. The fourth-order valence-corrected chi connectivity index (χ4v) is 2.40. The van der Waals surface area contributed by atoms with E-state index in [0.29, 0.717) is 12.0 Å². The average molecular weight is 291 g/mol. The molecule has 2 aromatic carbocycles. The number of rotatable bonds is 4. The van der Waals surface area contributed by atoms with Crippen LogP contribution < -0.4 is 10.5 Å². The zero-order valence-electron chi connectivity index (χ0n) is 12.4. The fourth-order valence-electron chi connectivity index (χ4n) is 2.40. The van der Waals surface area contributed by atoms with Gasteiger partial charge in [-0.25, -0.2) is 8.78 Å². The molecule has 112 valence electrons. The molecule has 21 heavy (non-hydrogen) atoms. The second kappa shape index (κ2) is 6.22. The predicted molar refractivity (Wildman–Crippen MR) is 79.5 cm³/mol. The molecule has 0 saturated heterocycles. The highest BCUT2D eigenvalue weighted by Gasteiger charge is 2.16. The maximum Gasteiger partial charge on any atom is 0.159 e. The predicted octanol–water partition coefficient (Wildman–Crippen LogP) is 3.83. The summed E-state index contributed by atoms with van der Waals surface area (Å²) in [6, 6.07) is 7.41. The number of hydrogen-bond acceptors (Lipinski definition) is 2. The summed E-state index contributed by atoms with van der Waals surface area (Å²) in [5.74, 6) is -0.951. The van der Waals surface area contributed by atoms with Gasteiger partial charge in [0.15, 0.2) is 11.6 Å². The standard InChI is InChI=1S/C17H19F2NO/c1-10-4-6-13(17(21-3)11(10)2)16(20)9-12-5-7-14(18)15(19)8-12/h4-8,16H,9,20H2,1-3H3. The molecule has 0 aliphatic carbocycles. The van der Waals surface area contributed by atoms with E-state index in [2.05, 4.69) is 0 Å². The lowest BCUT2D eigenvalue weighted by Gasteiger charge is -2.19. The lowest BCUT2D eigenvalue weighted by molar-refractivity contribution is 0.402. The Morgan fingerprint density at radius 3 is 2.43 bits per heavy atom. The van der Waals surface area contributed by atoms with Crippen LogP contribution in [0, 0.1) is 25.5 Å². The molecule has 0 spiro atoms. The molecule has 0 aliphatic rings. The molecule has 2 N–H and O–H groups in total. The highest BCUT2D eigenvalue weighted by Crippen LogP contribution is 2.31. The van der Waals surface area contributed by atoms with Crippen LogP contribution in [0.4, 0.5) is 8.78 Å². The first-order valence-corrected chi connectivity index (χ1v) is 6.77. The summed E-state index contributed by atoms with van der Waals surface area (Å²) in [7, 11) is 1.61. The SMILES string of the molecule is COc1c(C(N)Cc2ccc(F)c(F)c2)ccc(C)c1C. The second-order valence-corrected chi connectivity index (χ2v) is 5.19. The summed E-state index contributed by atoms with van der Waals surface area (Å²) < 4.78 is 31.6. The van der Waals surface area contributed by atoms with E-state index >= 15 is 0 Å². The van der Waals surface area contributed by atoms with E-state index in [4.69, 9.17) is 10.5 Å². The minimum absolute atomic E-state index is 0.343. The number of benzene rings is 2. The monoisotopic (exact) mass is 291 g/mol. The van der Waals surface area contributed by atoms with Crippen molar-refractivity contribution in [3.8, 4) is 5.75 Å². The van der Waals surface area contributed by atoms with Crippen LogP contribution in [0.25, 0.3) is 0 Å². The largest absolute Gasteiger partial charge is 0.496 e.